The zero-order valence-corrected chi connectivity index (χ0v) is 11.0. The number of nitrogens with zero attached hydrogens (tertiary/aromatic N) is 1. The predicted octanol–water partition coefficient (Wildman–Crippen LogP) is 2.14. The molecule has 1 atom stereocenters. The highest BCUT2D eigenvalue weighted by atomic mass is 16.6. The molecule has 104 valence electrons. The van der Waals surface area contributed by atoms with Crippen molar-refractivity contribution in [1.82, 2.24) is 0 Å². The Balaban J connectivity index is 2.27. The number of para-hydroxylation sites is 1. The van der Waals surface area contributed by atoms with E-state index in [1.54, 1.807) is 25.1 Å². The van der Waals surface area contributed by atoms with Crippen molar-refractivity contribution in [3.63, 3.8) is 0 Å². The van der Waals surface area contributed by atoms with Crippen LogP contribution < -0.4 is 15.8 Å². The Labute approximate surface area is 112 Å². The van der Waals surface area contributed by atoms with Gasteiger partial charge in [0.1, 0.15) is 5.69 Å². The monoisotopic (exact) mass is 265 g/mol. The number of hydrogen-bond acceptors (Lipinski definition) is 5. The van der Waals surface area contributed by atoms with Gasteiger partial charge in [-0.15, -0.1) is 0 Å². The highest BCUT2D eigenvalue weighted by Crippen LogP contribution is 2.38. The van der Waals surface area contributed by atoms with Crippen LogP contribution in [0.4, 0.5) is 11.4 Å². The summed E-state index contributed by atoms with van der Waals surface area (Å²) in [5.74, 6) is 0.824. The van der Waals surface area contributed by atoms with Gasteiger partial charge in [-0.05, 0) is 37.8 Å². The van der Waals surface area contributed by atoms with Crippen LogP contribution in [0.5, 0.6) is 5.75 Å². The molecule has 6 heteroatoms. The minimum absolute atomic E-state index is 0.0107. The normalized spacial score (nSPS) is 15.9. The van der Waals surface area contributed by atoms with Crippen molar-refractivity contribution in [3.8, 4) is 5.75 Å². The van der Waals surface area contributed by atoms with E-state index in [9.17, 15) is 10.1 Å². The fraction of sp³-hybridized carbons (Fsp3) is 0.538. The molecule has 0 spiro atoms. The largest absolute Gasteiger partial charge is 0.487 e. The van der Waals surface area contributed by atoms with Crippen LogP contribution in [-0.2, 0) is 0 Å². The summed E-state index contributed by atoms with van der Waals surface area (Å²) in [6.07, 6.45) is 2.27. The highest BCUT2D eigenvalue weighted by Gasteiger charge is 2.32. The van der Waals surface area contributed by atoms with Crippen molar-refractivity contribution in [1.29, 1.82) is 0 Å². The van der Waals surface area contributed by atoms with Gasteiger partial charge in [0, 0.05) is 12.6 Å². The summed E-state index contributed by atoms with van der Waals surface area (Å²) < 4.78 is 5.32. The van der Waals surface area contributed by atoms with Gasteiger partial charge < -0.3 is 15.8 Å². The van der Waals surface area contributed by atoms with Gasteiger partial charge in [0.25, 0.3) is 0 Å². The van der Waals surface area contributed by atoms with E-state index in [1.165, 1.54) is 0 Å². The number of nitrogens with one attached hydrogen (secondary N) is 1. The second kappa shape index (κ2) is 5.88. The topological polar surface area (TPSA) is 90.4 Å². The van der Waals surface area contributed by atoms with E-state index >= 15 is 0 Å². The lowest BCUT2D eigenvalue weighted by Crippen LogP contribution is -2.31. The molecule has 0 amide bonds. The van der Waals surface area contributed by atoms with Crippen LogP contribution in [-0.4, -0.2) is 24.1 Å². The smallest absolute Gasteiger partial charge is 0.333 e. The summed E-state index contributed by atoms with van der Waals surface area (Å²) in [6.45, 7) is 2.67. The van der Waals surface area contributed by atoms with E-state index in [0.717, 1.165) is 12.8 Å². The summed E-state index contributed by atoms with van der Waals surface area (Å²) in [6, 6.07) is 5.16. The van der Waals surface area contributed by atoms with Gasteiger partial charge in [-0.2, -0.15) is 0 Å². The summed E-state index contributed by atoms with van der Waals surface area (Å²) >= 11 is 0. The third kappa shape index (κ3) is 3.14. The molecule has 1 unspecified atom stereocenters. The molecule has 0 heterocycles. The Morgan fingerprint density at radius 3 is 2.84 bits per heavy atom. The molecule has 2 rings (SSSR count). The second-order valence-electron chi connectivity index (χ2n) is 4.67. The van der Waals surface area contributed by atoms with E-state index in [-0.39, 0.29) is 11.7 Å². The average molecular weight is 265 g/mol. The van der Waals surface area contributed by atoms with Gasteiger partial charge in [-0.25, -0.2) is 0 Å². The molecule has 1 saturated carbocycles. The summed E-state index contributed by atoms with van der Waals surface area (Å²) in [5, 5.41) is 14.4. The van der Waals surface area contributed by atoms with Gasteiger partial charge in [-0.1, -0.05) is 6.07 Å². The number of rotatable bonds is 7. The SMILES string of the molecule is CCOc1cccc(NC(CN)C2CC2)c1[N+](=O)[O-]. The first-order valence-corrected chi connectivity index (χ1v) is 6.54. The van der Waals surface area contributed by atoms with Crippen molar-refractivity contribution in [2.75, 3.05) is 18.5 Å². The van der Waals surface area contributed by atoms with Crippen LogP contribution in [0.15, 0.2) is 18.2 Å². The first-order valence-electron chi connectivity index (χ1n) is 6.54. The molecule has 19 heavy (non-hydrogen) atoms. The molecule has 6 nitrogen and oxygen atoms in total. The fourth-order valence-electron chi connectivity index (χ4n) is 2.17. The Morgan fingerprint density at radius 2 is 2.32 bits per heavy atom. The number of nitro groups is 1. The molecule has 1 aromatic carbocycles. The van der Waals surface area contributed by atoms with Crippen molar-refractivity contribution in [2.45, 2.75) is 25.8 Å². The number of nitro benzene ring substituents is 1. The van der Waals surface area contributed by atoms with E-state index < -0.39 is 4.92 Å². The maximum absolute atomic E-state index is 11.2. The van der Waals surface area contributed by atoms with E-state index in [1.807, 2.05) is 0 Å². The molecule has 1 aliphatic rings. The minimum Gasteiger partial charge on any atom is -0.487 e. The van der Waals surface area contributed by atoms with Crippen LogP contribution in [0.1, 0.15) is 19.8 Å². The lowest BCUT2D eigenvalue weighted by molar-refractivity contribution is -0.385. The number of ether oxygens (including phenoxy) is 1. The number of hydrogen-bond donors (Lipinski definition) is 2. The Kier molecular flexibility index (Phi) is 4.21. The molecule has 3 N–H and O–H groups in total. The average Bonchev–Trinajstić information content (AvgIpc) is 3.20. The van der Waals surface area contributed by atoms with Gasteiger partial charge in [0.2, 0.25) is 0 Å². The standard InChI is InChI=1S/C13H19N3O3/c1-2-19-12-5-3-4-10(13(12)16(17)18)15-11(8-14)9-6-7-9/h3-5,9,11,15H,2,6-8,14H2,1H3. The molecule has 0 aromatic heterocycles. The molecule has 0 saturated heterocycles. The van der Waals surface area contributed by atoms with Gasteiger partial charge >= 0.3 is 5.69 Å². The maximum atomic E-state index is 11.2. The van der Waals surface area contributed by atoms with Crippen LogP contribution in [0.2, 0.25) is 0 Å². The van der Waals surface area contributed by atoms with Crippen LogP contribution in [0, 0.1) is 16.0 Å². The van der Waals surface area contributed by atoms with Crippen molar-refractivity contribution < 1.29 is 9.66 Å². The fourth-order valence-corrected chi connectivity index (χ4v) is 2.17. The molecule has 0 bridgehead atoms. The molecule has 0 aliphatic heterocycles. The predicted molar refractivity (Wildman–Crippen MR) is 73.5 cm³/mol. The molecular weight excluding hydrogens is 246 g/mol. The van der Waals surface area contributed by atoms with E-state index in [0.29, 0.717) is 30.5 Å². The molecule has 1 fully saturated rings. The summed E-state index contributed by atoms with van der Waals surface area (Å²) in [7, 11) is 0. The second-order valence-corrected chi connectivity index (χ2v) is 4.67. The molecule has 1 aliphatic carbocycles. The Bertz CT molecular complexity index is 460. The number of benzene rings is 1. The lowest BCUT2D eigenvalue weighted by atomic mass is 10.1. The molecular formula is C13H19N3O3. The first-order chi connectivity index (χ1) is 9.17. The quantitative estimate of drug-likeness (QED) is 0.582. The lowest BCUT2D eigenvalue weighted by Gasteiger charge is -2.18. The summed E-state index contributed by atoms with van der Waals surface area (Å²) in [5.41, 5.74) is 6.19. The van der Waals surface area contributed by atoms with Crippen LogP contribution in [0.25, 0.3) is 0 Å². The summed E-state index contributed by atoms with van der Waals surface area (Å²) in [4.78, 5) is 10.8. The minimum atomic E-state index is -0.409. The van der Waals surface area contributed by atoms with Gasteiger partial charge in [0.05, 0.1) is 11.5 Å². The molecule has 0 radical (unpaired) electrons. The zero-order valence-electron chi connectivity index (χ0n) is 11.0. The van der Waals surface area contributed by atoms with Gasteiger partial charge in [-0.3, -0.25) is 10.1 Å². The zero-order chi connectivity index (χ0) is 13.8. The van der Waals surface area contributed by atoms with Crippen molar-refractivity contribution >= 4 is 11.4 Å². The highest BCUT2D eigenvalue weighted by molar-refractivity contribution is 5.68. The number of nitrogens with two attached hydrogens (primary N) is 1. The number of anilines is 1. The van der Waals surface area contributed by atoms with E-state index in [4.69, 9.17) is 10.5 Å². The van der Waals surface area contributed by atoms with Crippen molar-refractivity contribution in [2.24, 2.45) is 11.7 Å². The Morgan fingerprint density at radius 1 is 1.58 bits per heavy atom. The van der Waals surface area contributed by atoms with E-state index in [2.05, 4.69) is 5.32 Å². The third-order valence-electron chi connectivity index (χ3n) is 3.27. The van der Waals surface area contributed by atoms with Gasteiger partial charge in [0.15, 0.2) is 5.75 Å². The van der Waals surface area contributed by atoms with Crippen LogP contribution in [0.3, 0.4) is 0 Å². The molecule has 1 aromatic rings. The Hall–Kier alpha value is -1.82. The van der Waals surface area contributed by atoms with Crippen molar-refractivity contribution in [3.05, 3.63) is 28.3 Å². The first kappa shape index (κ1) is 13.6. The van der Waals surface area contributed by atoms with Crippen LogP contribution >= 0.6 is 0 Å². The third-order valence-corrected chi connectivity index (χ3v) is 3.27. The maximum Gasteiger partial charge on any atom is 0.333 e.